The summed E-state index contributed by atoms with van der Waals surface area (Å²) in [4.78, 5) is 24.0. The van der Waals surface area contributed by atoms with E-state index >= 15 is 0 Å². The first-order chi connectivity index (χ1) is 6.47. The number of nitrogens with one attached hydrogen (secondary N) is 2. The Morgan fingerprint density at radius 2 is 1.93 bits per heavy atom. The van der Waals surface area contributed by atoms with Gasteiger partial charge in [-0.05, 0) is 14.1 Å². The zero-order valence-electron chi connectivity index (χ0n) is 8.89. The lowest BCUT2D eigenvalue weighted by Crippen LogP contribution is -2.33. The van der Waals surface area contributed by atoms with Crippen molar-refractivity contribution in [3.8, 4) is 0 Å². The molecule has 0 aliphatic carbocycles. The van der Waals surface area contributed by atoms with Crippen LogP contribution in [-0.2, 0) is 9.59 Å². The maximum absolute atomic E-state index is 11.2. The summed E-state index contributed by atoms with van der Waals surface area (Å²) in [5.74, 6) is -0.574. The first kappa shape index (κ1) is 12.6. The van der Waals surface area contributed by atoms with E-state index in [1.807, 2.05) is 19.0 Å². The van der Waals surface area contributed by atoms with Crippen LogP contribution in [0.5, 0.6) is 0 Å². The summed E-state index contributed by atoms with van der Waals surface area (Å²) in [5, 5.41) is 4.79. The fourth-order valence-electron chi connectivity index (χ4n) is 0.764. The summed E-state index contributed by atoms with van der Waals surface area (Å²) in [6, 6.07) is 0. The van der Waals surface area contributed by atoms with Gasteiger partial charge in [0.1, 0.15) is 0 Å². The van der Waals surface area contributed by atoms with E-state index in [1.54, 1.807) is 0 Å². The molecule has 2 amide bonds. The topological polar surface area (TPSA) is 61.4 Å². The average molecular weight is 199 g/mol. The largest absolute Gasteiger partial charge is 0.354 e. The van der Waals surface area contributed by atoms with Gasteiger partial charge in [0.2, 0.25) is 5.91 Å². The van der Waals surface area contributed by atoms with E-state index < -0.39 is 0 Å². The Hall–Kier alpha value is -1.36. The molecular formula is C9H17N3O2. The third-order valence-corrected chi connectivity index (χ3v) is 1.58. The zero-order valence-corrected chi connectivity index (χ0v) is 8.89. The van der Waals surface area contributed by atoms with Crippen molar-refractivity contribution < 1.29 is 9.59 Å². The lowest BCUT2D eigenvalue weighted by molar-refractivity contribution is -0.123. The first-order valence-electron chi connectivity index (χ1n) is 4.33. The summed E-state index contributed by atoms with van der Waals surface area (Å²) >= 11 is 0. The number of nitrogens with zero attached hydrogens (tertiary/aromatic N) is 1. The van der Waals surface area contributed by atoms with E-state index in [0.717, 1.165) is 0 Å². The Morgan fingerprint density at radius 1 is 1.36 bits per heavy atom. The molecule has 80 valence electrons. The number of carbonyl (C=O) groups is 2. The van der Waals surface area contributed by atoms with Gasteiger partial charge in [0, 0.05) is 20.0 Å². The van der Waals surface area contributed by atoms with Crippen molar-refractivity contribution in [1.82, 2.24) is 15.5 Å². The molecule has 0 bridgehead atoms. The number of amides is 2. The monoisotopic (exact) mass is 199 g/mol. The molecule has 0 aromatic rings. The molecule has 0 atom stereocenters. The zero-order chi connectivity index (χ0) is 11.1. The number of carbonyl (C=O) groups excluding carboxylic acids is 2. The summed E-state index contributed by atoms with van der Waals surface area (Å²) in [6.45, 7) is 4.08. The molecule has 0 saturated carbocycles. The van der Waals surface area contributed by atoms with Gasteiger partial charge >= 0.3 is 0 Å². The van der Waals surface area contributed by atoms with Gasteiger partial charge in [-0.1, -0.05) is 6.58 Å². The van der Waals surface area contributed by atoms with Gasteiger partial charge < -0.3 is 15.5 Å². The quantitative estimate of drug-likeness (QED) is 0.576. The highest BCUT2D eigenvalue weighted by Gasteiger charge is 2.08. The van der Waals surface area contributed by atoms with Crippen molar-refractivity contribution in [3.05, 3.63) is 12.3 Å². The summed E-state index contributed by atoms with van der Waals surface area (Å²) < 4.78 is 0. The Balaban J connectivity index is 3.83. The van der Waals surface area contributed by atoms with E-state index in [1.165, 1.54) is 7.05 Å². The van der Waals surface area contributed by atoms with E-state index in [9.17, 15) is 9.59 Å². The first-order valence-corrected chi connectivity index (χ1v) is 4.33. The van der Waals surface area contributed by atoms with E-state index in [0.29, 0.717) is 13.0 Å². The molecule has 0 aromatic heterocycles. The second kappa shape index (κ2) is 6.15. The van der Waals surface area contributed by atoms with Crippen LogP contribution in [0.25, 0.3) is 0 Å². The van der Waals surface area contributed by atoms with Crippen LogP contribution in [0, 0.1) is 0 Å². The molecule has 0 spiro atoms. The van der Waals surface area contributed by atoms with Crippen LogP contribution in [-0.4, -0.2) is 44.4 Å². The predicted molar refractivity (Wildman–Crippen MR) is 54.5 cm³/mol. The number of hydrogen-bond donors (Lipinski definition) is 2. The van der Waals surface area contributed by atoms with Gasteiger partial charge in [0.25, 0.3) is 5.91 Å². The average Bonchev–Trinajstić information content (AvgIpc) is 2.13. The SMILES string of the molecule is C=C(NC(=O)CCN(C)C)C(=O)NC. The molecular weight excluding hydrogens is 182 g/mol. The van der Waals surface area contributed by atoms with Gasteiger partial charge in [0.15, 0.2) is 0 Å². The molecule has 0 fully saturated rings. The fraction of sp³-hybridized carbons (Fsp3) is 0.556. The fourth-order valence-corrected chi connectivity index (χ4v) is 0.764. The lowest BCUT2D eigenvalue weighted by atomic mass is 10.3. The van der Waals surface area contributed by atoms with Gasteiger partial charge in [-0.25, -0.2) is 0 Å². The van der Waals surface area contributed by atoms with Crippen molar-refractivity contribution >= 4 is 11.8 Å². The lowest BCUT2D eigenvalue weighted by Gasteiger charge is -2.10. The molecule has 0 unspecified atom stereocenters. The minimum atomic E-state index is -0.372. The van der Waals surface area contributed by atoms with Gasteiger partial charge in [-0.2, -0.15) is 0 Å². The molecule has 0 saturated heterocycles. The summed E-state index contributed by atoms with van der Waals surface area (Å²) in [7, 11) is 5.24. The Kier molecular flexibility index (Phi) is 5.55. The molecule has 0 aliphatic heterocycles. The van der Waals surface area contributed by atoms with Crippen molar-refractivity contribution in [3.63, 3.8) is 0 Å². The van der Waals surface area contributed by atoms with Gasteiger partial charge in [-0.15, -0.1) is 0 Å². The molecule has 0 heterocycles. The van der Waals surface area contributed by atoms with Crippen molar-refractivity contribution in [2.45, 2.75) is 6.42 Å². The van der Waals surface area contributed by atoms with Gasteiger partial charge in [-0.3, -0.25) is 9.59 Å². The Morgan fingerprint density at radius 3 is 2.36 bits per heavy atom. The second-order valence-electron chi connectivity index (χ2n) is 3.16. The van der Waals surface area contributed by atoms with Crippen LogP contribution in [0.4, 0.5) is 0 Å². The maximum Gasteiger partial charge on any atom is 0.266 e. The number of hydrogen-bond acceptors (Lipinski definition) is 3. The molecule has 5 heteroatoms. The van der Waals surface area contributed by atoms with Crippen molar-refractivity contribution in [1.29, 1.82) is 0 Å². The van der Waals surface area contributed by atoms with Crippen molar-refractivity contribution in [2.75, 3.05) is 27.7 Å². The summed E-state index contributed by atoms with van der Waals surface area (Å²) in [5.41, 5.74) is 0.0799. The normalized spacial score (nSPS) is 9.71. The van der Waals surface area contributed by atoms with E-state index in [2.05, 4.69) is 17.2 Å². The predicted octanol–water partition coefficient (Wildman–Crippen LogP) is -0.686. The molecule has 0 radical (unpaired) electrons. The molecule has 0 aliphatic rings. The Bertz CT molecular complexity index is 236. The van der Waals surface area contributed by atoms with E-state index in [-0.39, 0.29) is 17.5 Å². The van der Waals surface area contributed by atoms with Crippen molar-refractivity contribution in [2.24, 2.45) is 0 Å². The minimum Gasteiger partial charge on any atom is -0.354 e. The number of rotatable bonds is 5. The van der Waals surface area contributed by atoms with Crippen LogP contribution in [0.1, 0.15) is 6.42 Å². The third kappa shape index (κ3) is 5.31. The van der Waals surface area contributed by atoms with Crippen LogP contribution < -0.4 is 10.6 Å². The minimum absolute atomic E-state index is 0.0799. The molecule has 2 N–H and O–H groups in total. The Labute approximate surface area is 84.2 Å². The van der Waals surface area contributed by atoms with Crippen LogP contribution in [0.15, 0.2) is 12.3 Å². The maximum atomic E-state index is 11.2. The highest BCUT2D eigenvalue weighted by atomic mass is 16.2. The molecule has 0 rings (SSSR count). The standard InChI is InChI=1S/C9H17N3O2/c1-7(9(14)10-2)11-8(13)5-6-12(3)4/h1,5-6H2,2-4H3,(H,10,14)(H,11,13). The molecule has 14 heavy (non-hydrogen) atoms. The number of likely N-dealkylation sites (N-methyl/N-ethyl adjacent to an activating group) is 1. The van der Waals surface area contributed by atoms with Crippen LogP contribution in [0.3, 0.4) is 0 Å². The molecule has 5 nitrogen and oxygen atoms in total. The van der Waals surface area contributed by atoms with Gasteiger partial charge in [0.05, 0.1) is 5.70 Å². The highest BCUT2D eigenvalue weighted by molar-refractivity contribution is 5.96. The highest BCUT2D eigenvalue weighted by Crippen LogP contribution is 1.88. The van der Waals surface area contributed by atoms with Crippen LogP contribution >= 0.6 is 0 Å². The van der Waals surface area contributed by atoms with E-state index in [4.69, 9.17) is 0 Å². The smallest absolute Gasteiger partial charge is 0.266 e. The van der Waals surface area contributed by atoms with Crippen LogP contribution in [0.2, 0.25) is 0 Å². The summed E-state index contributed by atoms with van der Waals surface area (Å²) in [6.07, 6.45) is 0.350. The molecule has 0 aromatic carbocycles. The third-order valence-electron chi connectivity index (χ3n) is 1.58. The second-order valence-corrected chi connectivity index (χ2v) is 3.16.